The van der Waals surface area contributed by atoms with Crippen LogP contribution in [-0.2, 0) is 0 Å². The summed E-state index contributed by atoms with van der Waals surface area (Å²) in [5.74, 6) is 1.15. The third-order valence-corrected chi connectivity index (χ3v) is 2.38. The summed E-state index contributed by atoms with van der Waals surface area (Å²) in [6.07, 6.45) is 0. The highest BCUT2D eigenvalue weighted by Crippen LogP contribution is 2.26. The maximum atomic E-state index is 9.28. The van der Waals surface area contributed by atoms with Crippen molar-refractivity contribution in [1.29, 1.82) is 0 Å². The summed E-state index contributed by atoms with van der Waals surface area (Å²) in [6.45, 7) is 2.03. The first-order valence-electron chi connectivity index (χ1n) is 4.60. The lowest BCUT2D eigenvalue weighted by Gasteiger charge is -2.04. The molecule has 2 N–H and O–H groups in total. The molecule has 0 aliphatic heterocycles. The van der Waals surface area contributed by atoms with E-state index in [4.69, 9.17) is 4.42 Å². The second kappa shape index (κ2) is 3.35. The van der Waals surface area contributed by atoms with Gasteiger partial charge >= 0.3 is 0 Å². The van der Waals surface area contributed by atoms with Gasteiger partial charge in [-0.1, -0.05) is 0 Å². The molecule has 1 unspecified atom stereocenters. The van der Waals surface area contributed by atoms with Crippen LogP contribution in [0.3, 0.4) is 0 Å². The molecular weight excluding hydrogens is 178 g/mol. The Morgan fingerprint density at radius 2 is 2.14 bits per heavy atom. The van der Waals surface area contributed by atoms with Gasteiger partial charge in [-0.05, 0) is 38.2 Å². The van der Waals surface area contributed by atoms with Crippen LogP contribution in [0.5, 0.6) is 5.75 Å². The summed E-state index contributed by atoms with van der Waals surface area (Å²) in [5, 5.41) is 13.3. The standard InChI is InChI=1S/C11H13NO2/c1-7(12-2)11-6-8-5-9(13)3-4-10(8)14-11/h3-7,12-13H,1-2H3. The molecule has 0 saturated carbocycles. The van der Waals surface area contributed by atoms with Crippen LogP contribution in [-0.4, -0.2) is 12.2 Å². The fourth-order valence-electron chi connectivity index (χ4n) is 1.41. The van der Waals surface area contributed by atoms with Crippen molar-refractivity contribution in [3.63, 3.8) is 0 Å². The van der Waals surface area contributed by atoms with E-state index in [-0.39, 0.29) is 11.8 Å². The summed E-state index contributed by atoms with van der Waals surface area (Å²) in [4.78, 5) is 0. The minimum Gasteiger partial charge on any atom is -0.508 e. The van der Waals surface area contributed by atoms with Crippen LogP contribution in [0.4, 0.5) is 0 Å². The van der Waals surface area contributed by atoms with E-state index < -0.39 is 0 Å². The molecule has 0 bridgehead atoms. The molecule has 2 rings (SSSR count). The van der Waals surface area contributed by atoms with Crippen LogP contribution in [0.15, 0.2) is 28.7 Å². The van der Waals surface area contributed by atoms with Crippen molar-refractivity contribution in [3.8, 4) is 5.75 Å². The summed E-state index contributed by atoms with van der Waals surface area (Å²) in [7, 11) is 1.88. The molecule has 1 aromatic carbocycles. The van der Waals surface area contributed by atoms with Crippen molar-refractivity contribution in [2.24, 2.45) is 0 Å². The van der Waals surface area contributed by atoms with Crippen LogP contribution in [0.2, 0.25) is 0 Å². The molecular formula is C11H13NO2. The number of benzene rings is 1. The second-order valence-corrected chi connectivity index (χ2v) is 3.38. The first kappa shape index (κ1) is 9.09. The lowest BCUT2D eigenvalue weighted by Crippen LogP contribution is -2.10. The molecule has 3 heteroatoms. The Hall–Kier alpha value is -1.48. The van der Waals surface area contributed by atoms with E-state index in [1.807, 2.05) is 20.0 Å². The molecule has 0 spiro atoms. The minimum absolute atomic E-state index is 0.185. The van der Waals surface area contributed by atoms with Gasteiger partial charge in [0.15, 0.2) is 0 Å². The molecule has 0 aliphatic rings. The van der Waals surface area contributed by atoms with Crippen LogP contribution < -0.4 is 5.32 Å². The molecule has 1 aromatic heterocycles. The van der Waals surface area contributed by atoms with E-state index >= 15 is 0 Å². The number of phenols is 1. The van der Waals surface area contributed by atoms with Crippen molar-refractivity contribution in [1.82, 2.24) is 5.32 Å². The van der Waals surface area contributed by atoms with Gasteiger partial charge in [0.05, 0.1) is 6.04 Å². The van der Waals surface area contributed by atoms with Gasteiger partial charge in [-0.2, -0.15) is 0 Å². The molecule has 1 atom stereocenters. The average Bonchev–Trinajstić information content (AvgIpc) is 2.59. The van der Waals surface area contributed by atoms with E-state index in [0.717, 1.165) is 16.7 Å². The lowest BCUT2D eigenvalue weighted by molar-refractivity contribution is 0.470. The smallest absolute Gasteiger partial charge is 0.134 e. The molecule has 74 valence electrons. The van der Waals surface area contributed by atoms with E-state index in [1.54, 1.807) is 18.2 Å². The van der Waals surface area contributed by atoms with Crippen molar-refractivity contribution in [2.75, 3.05) is 7.05 Å². The SMILES string of the molecule is CNC(C)c1cc2cc(O)ccc2o1. The zero-order valence-electron chi connectivity index (χ0n) is 8.24. The molecule has 0 radical (unpaired) electrons. The number of aromatic hydroxyl groups is 1. The van der Waals surface area contributed by atoms with E-state index in [2.05, 4.69) is 5.32 Å². The van der Waals surface area contributed by atoms with E-state index in [9.17, 15) is 5.11 Å². The molecule has 1 heterocycles. The summed E-state index contributed by atoms with van der Waals surface area (Å²) in [6, 6.07) is 7.22. The predicted octanol–water partition coefficient (Wildman–Crippen LogP) is 2.42. The Labute approximate surface area is 82.3 Å². The Balaban J connectivity index is 2.51. The quantitative estimate of drug-likeness (QED) is 0.766. The zero-order valence-corrected chi connectivity index (χ0v) is 8.24. The molecule has 0 fully saturated rings. The summed E-state index contributed by atoms with van der Waals surface area (Å²) >= 11 is 0. The second-order valence-electron chi connectivity index (χ2n) is 3.38. The van der Waals surface area contributed by atoms with Crippen LogP contribution >= 0.6 is 0 Å². The Bertz CT molecular complexity index is 447. The highest BCUT2D eigenvalue weighted by Gasteiger charge is 2.09. The van der Waals surface area contributed by atoms with E-state index in [1.165, 1.54) is 0 Å². The Morgan fingerprint density at radius 3 is 2.86 bits per heavy atom. The number of furan rings is 1. The highest BCUT2D eigenvalue weighted by atomic mass is 16.3. The van der Waals surface area contributed by atoms with Crippen molar-refractivity contribution in [3.05, 3.63) is 30.0 Å². The summed E-state index contributed by atoms with van der Waals surface area (Å²) < 4.78 is 5.60. The fraction of sp³-hybridized carbons (Fsp3) is 0.273. The number of hydrogen-bond donors (Lipinski definition) is 2. The van der Waals surface area contributed by atoms with Gasteiger partial charge in [-0.3, -0.25) is 0 Å². The molecule has 0 amide bonds. The van der Waals surface area contributed by atoms with Gasteiger partial charge in [-0.15, -0.1) is 0 Å². The van der Waals surface area contributed by atoms with Gasteiger partial charge in [0.1, 0.15) is 17.1 Å². The lowest BCUT2D eigenvalue weighted by atomic mass is 10.2. The topological polar surface area (TPSA) is 45.4 Å². The fourth-order valence-corrected chi connectivity index (χ4v) is 1.41. The van der Waals surface area contributed by atoms with Crippen LogP contribution in [0.25, 0.3) is 11.0 Å². The van der Waals surface area contributed by atoms with Gasteiger partial charge < -0.3 is 14.8 Å². The van der Waals surface area contributed by atoms with Crippen molar-refractivity contribution in [2.45, 2.75) is 13.0 Å². The first-order chi connectivity index (χ1) is 6.70. The highest BCUT2D eigenvalue weighted by molar-refractivity contribution is 5.79. The van der Waals surface area contributed by atoms with Gasteiger partial charge in [0, 0.05) is 5.39 Å². The largest absolute Gasteiger partial charge is 0.508 e. The number of fused-ring (bicyclic) bond motifs is 1. The van der Waals surface area contributed by atoms with Crippen molar-refractivity contribution >= 4 is 11.0 Å². The molecule has 2 aromatic rings. The third-order valence-electron chi connectivity index (χ3n) is 2.38. The van der Waals surface area contributed by atoms with Gasteiger partial charge in [0.25, 0.3) is 0 Å². The first-order valence-corrected chi connectivity index (χ1v) is 4.60. The maximum absolute atomic E-state index is 9.28. The van der Waals surface area contributed by atoms with Crippen LogP contribution in [0.1, 0.15) is 18.7 Å². The number of phenolic OH excluding ortho intramolecular Hbond substituents is 1. The monoisotopic (exact) mass is 191 g/mol. The summed E-state index contributed by atoms with van der Waals surface area (Å²) in [5.41, 5.74) is 0.805. The minimum atomic E-state index is 0.185. The Morgan fingerprint density at radius 1 is 1.36 bits per heavy atom. The van der Waals surface area contributed by atoms with E-state index in [0.29, 0.717) is 0 Å². The number of hydrogen-bond acceptors (Lipinski definition) is 3. The molecule has 3 nitrogen and oxygen atoms in total. The van der Waals surface area contributed by atoms with Crippen LogP contribution in [0, 0.1) is 0 Å². The third kappa shape index (κ3) is 1.46. The molecule has 0 aliphatic carbocycles. The van der Waals surface area contributed by atoms with Gasteiger partial charge in [-0.25, -0.2) is 0 Å². The zero-order chi connectivity index (χ0) is 10.1. The number of rotatable bonds is 2. The average molecular weight is 191 g/mol. The maximum Gasteiger partial charge on any atom is 0.134 e. The van der Waals surface area contributed by atoms with Crippen molar-refractivity contribution < 1.29 is 9.52 Å². The number of nitrogens with one attached hydrogen (secondary N) is 1. The molecule has 0 saturated heterocycles. The normalized spacial score (nSPS) is 13.3. The Kier molecular flexibility index (Phi) is 2.17. The molecule has 14 heavy (non-hydrogen) atoms. The van der Waals surface area contributed by atoms with Gasteiger partial charge in [0.2, 0.25) is 0 Å². The predicted molar refractivity (Wildman–Crippen MR) is 55.4 cm³/mol.